The van der Waals surface area contributed by atoms with Crippen molar-refractivity contribution in [1.82, 2.24) is 9.88 Å². The maximum Gasteiger partial charge on any atom is 0.264 e. The highest BCUT2D eigenvalue weighted by Crippen LogP contribution is 2.43. The second-order valence-corrected chi connectivity index (χ2v) is 6.12. The number of benzene rings is 2. The van der Waals surface area contributed by atoms with Gasteiger partial charge in [-0.3, -0.25) is 9.69 Å². The Balaban J connectivity index is 1.70. The van der Waals surface area contributed by atoms with Gasteiger partial charge >= 0.3 is 0 Å². The van der Waals surface area contributed by atoms with Gasteiger partial charge in [0.2, 0.25) is 6.23 Å². The van der Waals surface area contributed by atoms with Gasteiger partial charge in [-0.15, -0.1) is 0 Å². The summed E-state index contributed by atoms with van der Waals surface area (Å²) in [6.07, 6.45) is 0.109. The highest BCUT2D eigenvalue weighted by molar-refractivity contribution is 6.01. The largest absolute Gasteiger partial charge is 0.508 e. The number of hydrogen-bond acceptors (Lipinski definition) is 4. The number of nitrogens with zero attached hydrogens (tertiary/aromatic N) is 1. The van der Waals surface area contributed by atoms with Crippen LogP contribution in [0.15, 0.2) is 36.4 Å². The van der Waals surface area contributed by atoms with E-state index in [1.165, 1.54) is 6.07 Å². The molecule has 2 aliphatic heterocycles. The van der Waals surface area contributed by atoms with Crippen LogP contribution in [0.3, 0.4) is 0 Å². The van der Waals surface area contributed by atoms with Crippen LogP contribution in [-0.2, 0) is 6.42 Å². The third-order valence-electron chi connectivity index (χ3n) is 4.77. The van der Waals surface area contributed by atoms with E-state index in [9.17, 15) is 15.0 Å². The van der Waals surface area contributed by atoms with Crippen molar-refractivity contribution in [3.05, 3.63) is 53.2 Å². The highest BCUT2D eigenvalue weighted by Gasteiger charge is 2.41. The predicted molar refractivity (Wildman–Crippen MR) is 86.2 cm³/mol. The topological polar surface area (TPSA) is 85.8 Å². The average molecular weight is 322 g/mol. The lowest BCUT2D eigenvalue weighted by atomic mass is 9.99. The van der Waals surface area contributed by atoms with E-state index >= 15 is 0 Å². The van der Waals surface area contributed by atoms with Crippen LogP contribution in [0.1, 0.15) is 27.8 Å². The zero-order valence-electron chi connectivity index (χ0n) is 12.6. The number of hydrogen-bond donors (Lipinski definition) is 3. The fraction of sp³-hybridized carbons (Fsp3) is 0.167. The van der Waals surface area contributed by atoms with E-state index < -0.39 is 6.23 Å². The van der Waals surface area contributed by atoms with Crippen LogP contribution in [0.4, 0.5) is 0 Å². The first-order chi connectivity index (χ1) is 11.6. The molecule has 1 unspecified atom stereocenters. The maximum absolute atomic E-state index is 12.8. The molecule has 6 nitrogen and oxygen atoms in total. The van der Waals surface area contributed by atoms with E-state index in [0.717, 1.165) is 22.2 Å². The summed E-state index contributed by atoms with van der Waals surface area (Å²) in [6.45, 7) is 0.493. The van der Waals surface area contributed by atoms with Crippen LogP contribution in [0, 0.1) is 0 Å². The first-order valence-corrected chi connectivity index (χ1v) is 7.76. The molecule has 24 heavy (non-hydrogen) atoms. The lowest BCUT2D eigenvalue weighted by molar-refractivity contribution is 0.00152. The van der Waals surface area contributed by atoms with E-state index in [2.05, 4.69) is 4.98 Å². The number of nitrogens with one attached hydrogen (secondary N) is 1. The highest BCUT2D eigenvalue weighted by atomic mass is 16.5. The molecular weight excluding hydrogens is 308 g/mol. The Bertz CT molecular complexity index is 1010. The molecule has 5 rings (SSSR count). The molecule has 0 fully saturated rings. The zero-order valence-corrected chi connectivity index (χ0v) is 12.6. The number of fused-ring (bicyclic) bond motifs is 6. The van der Waals surface area contributed by atoms with Crippen LogP contribution >= 0.6 is 0 Å². The van der Waals surface area contributed by atoms with Gasteiger partial charge in [0.05, 0.1) is 5.69 Å². The molecule has 0 aliphatic carbocycles. The minimum absolute atomic E-state index is 0.0664. The molecule has 0 saturated carbocycles. The van der Waals surface area contributed by atoms with Gasteiger partial charge in [0.1, 0.15) is 22.8 Å². The first-order valence-electron chi connectivity index (χ1n) is 7.76. The number of aromatic amines is 1. The Morgan fingerprint density at radius 3 is 2.96 bits per heavy atom. The van der Waals surface area contributed by atoms with E-state index in [1.807, 2.05) is 6.07 Å². The Kier molecular flexibility index (Phi) is 2.46. The summed E-state index contributed by atoms with van der Waals surface area (Å²) >= 11 is 0. The van der Waals surface area contributed by atoms with Crippen LogP contribution in [0.5, 0.6) is 17.2 Å². The Labute approximate surface area is 136 Å². The lowest BCUT2D eigenvalue weighted by Crippen LogP contribution is -2.45. The van der Waals surface area contributed by atoms with Gasteiger partial charge in [0.25, 0.3) is 5.91 Å². The van der Waals surface area contributed by atoms with Gasteiger partial charge in [0, 0.05) is 17.4 Å². The Morgan fingerprint density at radius 1 is 1.21 bits per heavy atom. The smallest absolute Gasteiger partial charge is 0.264 e. The van der Waals surface area contributed by atoms with E-state index in [0.29, 0.717) is 18.7 Å². The van der Waals surface area contributed by atoms with Gasteiger partial charge < -0.3 is 19.9 Å². The van der Waals surface area contributed by atoms with Crippen LogP contribution in [-0.4, -0.2) is 32.5 Å². The summed E-state index contributed by atoms with van der Waals surface area (Å²) < 4.78 is 6.02. The van der Waals surface area contributed by atoms with Crippen molar-refractivity contribution < 1.29 is 19.7 Å². The molecule has 2 aliphatic rings. The van der Waals surface area contributed by atoms with Crippen molar-refractivity contribution in [2.45, 2.75) is 12.6 Å². The number of phenols is 2. The molecule has 3 N–H and O–H groups in total. The molecule has 2 aromatic carbocycles. The van der Waals surface area contributed by atoms with Crippen molar-refractivity contribution in [3.8, 4) is 17.2 Å². The van der Waals surface area contributed by atoms with Crippen LogP contribution in [0.25, 0.3) is 10.9 Å². The molecule has 0 bridgehead atoms. The molecule has 0 saturated heterocycles. The normalized spacial score (nSPS) is 18.8. The number of carbonyl (C=O) groups excluding carboxylic acids is 1. The third-order valence-corrected chi connectivity index (χ3v) is 4.77. The summed E-state index contributed by atoms with van der Waals surface area (Å²) in [5.74, 6) is 0.299. The number of H-pyrrole nitrogens is 1. The molecule has 3 aromatic rings. The summed E-state index contributed by atoms with van der Waals surface area (Å²) in [4.78, 5) is 17.7. The molecule has 6 heteroatoms. The van der Waals surface area contributed by atoms with Gasteiger partial charge in [-0.25, -0.2) is 0 Å². The summed E-state index contributed by atoms with van der Waals surface area (Å²) in [7, 11) is 0. The molecular formula is C18H14N2O4. The van der Waals surface area contributed by atoms with E-state index in [-0.39, 0.29) is 23.0 Å². The second-order valence-electron chi connectivity index (χ2n) is 6.12. The molecule has 1 amide bonds. The maximum atomic E-state index is 12.8. The van der Waals surface area contributed by atoms with Crippen molar-refractivity contribution in [3.63, 3.8) is 0 Å². The van der Waals surface area contributed by atoms with Crippen molar-refractivity contribution in [2.24, 2.45) is 0 Å². The van der Waals surface area contributed by atoms with Gasteiger partial charge in [-0.05, 0) is 42.3 Å². The van der Waals surface area contributed by atoms with E-state index in [1.54, 1.807) is 29.2 Å². The number of amides is 1. The van der Waals surface area contributed by atoms with Gasteiger partial charge in [0.15, 0.2) is 0 Å². The number of phenolic OH excluding ortho intramolecular Hbond substituents is 2. The van der Waals surface area contributed by atoms with Crippen molar-refractivity contribution >= 4 is 16.8 Å². The minimum atomic E-state index is -0.551. The molecule has 3 heterocycles. The molecule has 0 radical (unpaired) electrons. The lowest BCUT2D eigenvalue weighted by Gasteiger charge is -2.39. The van der Waals surface area contributed by atoms with Crippen LogP contribution in [0.2, 0.25) is 0 Å². The summed E-state index contributed by atoms with van der Waals surface area (Å²) in [5.41, 5.74) is 2.99. The molecule has 120 valence electrons. The number of aromatic nitrogens is 1. The molecule has 0 spiro atoms. The monoisotopic (exact) mass is 322 g/mol. The zero-order chi connectivity index (χ0) is 16.4. The minimum Gasteiger partial charge on any atom is -0.508 e. The molecule has 1 atom stereocenters. The summed E-state index contributed by atoms with van der Waals surface area (Å²) in [5, 5.41) is 20.7. The summed E-state index contributed by atoms with van der Waals surface area (Å²) in [6, 6.07) is 10.0. The van der Waals surface area contributed by atoms with Gasteiger partial charge in [-0.2, -0.15) is 0 Å². The fourth-order valence-electron chi connectivity index (χ4n) is 3.67. The SMILES string of the molecule is O=C1c2c(O)cccc2OC2c3[nH]c4ccc(O)cc4c3CCN12. The predicted octanol–water partition coefficient (Wildman–Crippen LogP) is 2.67. The number of ether oxygens (including phenoxy) is 1. The van der Waals surface area contributed by atoms with Crippen molar-refractivity contribution in [1.29, 1.82) is 0 Å². The van der Waals surface area contributed by atoms with Crippen molar-refractivity contribution in [2.75, 3.05) is 6.54 Å². The fourth-order valence-corrected chi connectivity index (χ4v) is 3.67. The molecule has 1 aromatic heterocycles. The number of rotatable bonds is 0. The first kappa shape index (κ1) is 13.3. The Morgan fingerprint density at radius 2 is 2.08 bits per heavy atom. The number of carbonyl (C=O) groups is 1. The second kappa shape index (κ2) is 4.44. The van der Waals surface area contributed by atoms with Crippen LogP contribution < -0.4 is 4.74 Å². The number of aromatic hydroxyl groups is 2. The average Bonchev–Trinajstić information content (AvgIpc) is 2.93. The quantitative estimate of drug-likeness (QED) is 0.594. The third kappa shape index (κ3) is 1.62. The van der Waals surface area contributed by atoms with Gasteiger partial charge in [-0.1, -0.05) is 6.07 Å². The Hall–Kier alpha value is -3.15. The van der Waals surface area contributed by atoms with E-state index in [4.69, 9.17) is 4.74 Å². The standard InChI is InChI=1S/C18H14N2O4/c21-9-4-5-12-11(8-9)10-6-7-20-17(23)15-13(22)2-1-3-14(15)24-18(20)16(10)19-12/h1-5,8,18-19,21-22H,6-7H2.